The summed E-state index contributed by atoms with van der Waals surface area (Å²) in [4.78, 5) is 28.5. The van der Waals surface area contributed by atoms with E-state index in [2.05, 4.69) is 5.32 Å². The third kappa shape index (κ3) is 8.69. The summed E-state index contributed by atoms with van der Waals surface area (Å²) in [5.41, 5.74) is 0.211. The zero-order valence-corrected chi connectivity index (χ0v) is 27.7. The highest BCUT2D eigenvalue weighted by Crippen LogP contribution is 2.33. The third-order valence-corrected chi connectivity index (χ3v) is 9.10. The van der Waals surface area contributed by atoms with Gasteiger partial charge in [-0.1, -0.05) is 40.9 Å². The molecule has 43 heavy (non-hydrogen) atoms. The van der Waals surface area contributed by atoms with Crippen molar-refractivity contribution in [3.05, 3.63) is 81.3 Å². The van der Waals surface area contributed by atoms with Crippen LogP contribution in [0.5, 0.6) is 11.5 Å². The van der Waals surface area contributed by atoms with E-state index in [1.54, 1.807) is 25.1 Å². The first-order valence-corrected chi connectivity index (χ1v) is 15.7. The molecule has 3 aromatic carbocycles. The Morgan fingerprint density at radius 1 is 0.884 bits per heavy atom. The van der Waals surface area contributed by atoms with Crippen molar-refractivity contribution in [3.8, 4) is 11.5 Å². The van der Waals surface area contributed by atoms with E-state index in [0.29, 0.717) is 21.4 Å². The number of carbonyl (C=O) groups is 2. The number of methoxy groups -OCH3 is 2. The molecule has 0 fully saturated rings. The van der Waals surface area contributed by atoms with Crippen LogP contribution in [-0.4, -0.2) is 57.5 Å². The van der Waals surface area contributed by atoms with Gasteiger partial charge >= 0.3 is 0 Å². The van der Waals surface area contributed by atoms with Gasteiger partial charge in [0.2, 0.25) is 11.8 Å². The van der Waals surface area contributed by atoms with Crippen molar-refractivity contribution in [1.82, 2.24) is 10.2 Å². The summed E-state index contributed by atoms with van der Waals surface area (Å²) in [6.07, 6.45) is 0. The molecule has 0 heterocycles. The van der Waals surface area contributed by atoms with E-state index in [1.165, 1.54) is 61.6 Å². The first-order valence-electron chi connectivity index (χ1n) is 13.1. The zero-order chi connectivity index (χ0) is 32.1. The van der Waals surface area contributed by atoms with Gasteiger partial charge in [-0.2, -0.15) is 0 Å². The standard InChI is InChI=1S/C30H34Cl3N3O6S/c1-19(29(38)34-30(2,3)4)35(17-20-7-13-24(32)25(33)15-20)28(37)18-36(22-10-8-21(31)9-11-22)43(39,40)23-12-14-26(41-5)27(16-23)42-6/h7-16,19H,17-18H2,1-6H3,(H,34,38). The molecule has 0 radical (unpaired) electrons. The molecular formula is C30H34Cl3N3O6S. The quantitative estimate of drug-likeness (QED) is 0.261. The van der Waals surface area contributed by atoms with Gasteiger partial charge in [-0.25, -0.2) is 8.42 Å². The van der Waals surface area contributed by atoms with Gasteiger partial charge < -0.3 is 19.7 Å². The maximum absolute atomic E-state index is 14.1. The number of carbonyl (C=O) groups excluding carboxylic acids is 2. The van der Waals surface area contributed by atoms with E-state index in [1.807, 2.05) is 20.8 Å². The van der Waals surface area contributed by atoms with Crippen molar-refractivity contribution in [1.29, 1.82) is 0 Å². The van der Waals surface area contributed by atoms with Crippen LogP contribution in [0.4, 0.5) is 5.69 Å². The number of hydrogen-bond donors (Lipinski definition) is 1. The SMILES string of the molecule is COc1ccc(S(=O)(=O)N(CC(=O)N(Cc2ccc(Cl)c(Cl)c2)C(C)C(=O)NC(C)(C)C)c2ccc(Cl)cc2)cc1OC. The minimum Gasteiger partial charge on any atom is -0.493 e. The third-order valence-electron chi connectivity index (χ3n) is 6.34. The smallest absolute Gasteiger partial charge is 0.264 e. The number of anilines is 1. The lowest BCUT2D eigenvalue weighted by Crippen LogP contribution is -2.54. The summed E-state index contributed by atoms with van der Waals surface area (Å²) < 4.78 is 39.7. The lowest BCUT2D eigenvalue weighted by molar-refractivity contribution is -0.140. The van der Waals surface area contributed by atoms with Crippen molar-refractivity contribution in [2.45, 2.75) is 50.7 Å². The number of amides is 2. The molecule has 3 rings (SSSR count). The second-order valence-electron chi connectivity index (χ2n) is 10.7. The molecule has 3 aromatic rings. The van der Waals surface area contributed by atoms with E-state index in [-0.39, 0.29) is 27.9 Å². The van der Waals surface area contributed by atoms with Gasteiger partial charge in [0.25, 0.3) is 10.0 Å². The summed E-state index contributed by atoms with van der Waals surface area (Å²) >= 11 is 18.4. The number of sulfonamides is 1. The molecule has 1 atom stereocenters. The molecule has 9 nitrogen and oxygen atoms in total. The number of ether oxygens (including phenoxy) is 2. The molecule has 0 spiro atoms. The maximum atomic E-state index is 14.1. The Morgan fingerprint density at radius 2 is 1.51 bits per heavy atom. The summed E-state index contributed by atoms with van der Waals surface area (Å²) in [7, 11) is -1.52. The molecule has 1 unspecified atom stereocenters. The van der Waals surface area contributed by atoms with Crippen molar-refractivity contribution in [3.63, 3.8) is 0 Å². The highest BCUT2D eigenvalue weighted by Gasteiger charge is 2.34. The molecular weight excluding hydrogens is 637 g/mol. The van der Waals surface area contributed by atoms with Gasteiger partial charge in [-0.3, -0.25) is 13.9 Å². The Kier molecular flexibility index (Phi) is 11.2. The average molecular weight is 671 g/mol. The molecule has 0 saturated heterocycles. The van der Waals surface area contributed by atoms with Gasteiger partial charge in [0.1, 0.15) is 12.6 Å². The fourth-order valence-electron chi connectivity index (χ4n) is 4.13. The Morgan fingerprint density at radius 3 is 2.07 bits per heavy atom. The number of hydrogen-bond acceptors (Lipinski definition) is 6. The predicted molar refractivity (Wildman–Crippen MR) is 170 cm³/mol. The van der Waals surface area contributed by atoms with Crippen LogP contribution in [0.2, 0.25) is 15.1 Å². The lowest BCUT2D eigenvalue weighted by Gasteiger charge is -2.33. The first kappa shape index (κ1) is 34.3. The minimum atomic E-state index is -4.34. The number of nitrogens with one attached hydrogen (secondary N) is 1. The summed E-state index contributed by atoms with van der Waals surface area (Å²) in [6.45, 7) is 6.36. The van der Waals surface area contributed by atoms with Gasteiger partial charge in [-0.05, 0) is 81.8 Å². The van der Waals surface area contributed by atoms with Crippen LogP contribution in [0.1, 0.15) is 33.3 Å². The van der Waals surface area contributed by atoms with E-state index in [4.69, 9.17) is 44.3 Å². The molecule has 0 aliphatic heterocycles. The van der Waals surface area contributed by atoms with Gasteiger partial charge in [-0.15, -0.1) is 0 Å². The predicted octanol–water partition coefficient (Wildman–Crippen LogP) is 6.19. The van der Waals surface area contributed by atoms with E-state index >= 15 is 0 Å². The summed E-state index contributed by atoms with van der Waals surface area (Å²) in [5.74, 6) is -0.523. The number of halogens is 3. The monoisotopic (exact) mass is 669 g/mol. The largest absolute Gasteiger partial charge is 0.493 e. The Hall–Kier alpha value is -3.18. The van der Waals surface area contributed by atoms with Crippen molar-refractivity contribution >= 4 is 62.3 Å². The Bertz CT molecular complexity index is 1580. The summed E-state index contributed by atoms with van der Waals surface area (Å²) in [5, 5.41) is 3.87. The van der Waals surface area contributed by atoms with Gasteiger partial charge in [0.05, 0.1) is 34.8 Å². The minimum absolute atomic E-state index is 0.0423. The van der Waals surface area contributed by atoms with Crippen LogP contribution in [0.15, 0.2) is 65.6 Å². The highest BCUT2D eigenvalue weighted by atomic mass is 35.5. The van der Waals surface area contributed by atoms with Crippen LogP contribution < -0.4 is 19.1 Å². The molecule has 2 amide bonds. The Labute approximate surface area is 267 Å². The fraction of sp³-hybridized carbons (Fsp3) is 0.333. The van der Waals surface area contributed by atoms with Crippen LogP contribution in [0.3, 0.4) is 0 Å². The number of nitrogens with zero attached hydrogens (tertiary/aromatic N) is 2. The molecule has 1 N–H and O–H groups in total. The number of rotatable bonds is 11. The molecule has 13 heteroatoms. The van der Waals surface area contributed by atoms with Crippen molar-refractivity contribution in [2.75, 3.05) is 25.1 Å². The molecule has 0 aromatic heterocycles. The molecule has 0 saturated carbocycles. The molecule has 232 valence electrons. The van der Waals surface area contributed by atoms with Crippen molar-refractivity contribution in [2.24, 2.45) is 0 Å². The topological polar surface area (TPSA) is 105 Å². The number of benzene rings is 3. The summed E-state index contributed by atoms with van der Waals surface area (Å²) in [6, 6.07) is 14.0. The maximum Gasteiger partial charge on any atom is 0.264 e. The van der Waals surface area contributed by atoms with E-state index in [9.17, 15) is 18.0 Å². The van der Waals surface area contributed by atoms with Crippen LogP contribution >= 0.6 is 34.8 Å². The lowest BCUT2D eigenvalue weighted by atomic mass is 10.1. The van der Waals surface area contributed by atoms with Crippen LogP contribution in [0, 0.1) is 0 Å². The fourth-order valence-corrected chi connectivity index (χ4v) is 6.01. The van der Waals surface area contributed by atoms with Crippen LogP contribution in [0.25, 0.3) is 0 Å². The van der Waals surface area contributed by atoms with Gasteiger partial charge in [0, 0.05) is 23.2 Å². The molecule has 0 aliphatic carbocycles. The zero-order valence-electron chi connectivity index (χ0n) is 24.7. The van der Waals surface area contributed by atoms with E-state index < -0.39 is 40.0 Å². The van der Waals surface area contributed by atoms with Gasteiger partial charge in [0.15, 0.2) is 11.5 Å². The average Bonchev–Trinajstić information content (AvgIpc) is 2.95. The Balaban J connectivity index is 2.09. The van der Waals surface area contributed by atoms with Crippen LogP contribution in [-0.2, 0) is 26.2 Å². The van der Waals surface area contributed by atoms with E-state index in [0.717, 1.165) is 4.31 Å². The normalized spacial score (nSPS) is 12.3. The molecule has 0 bridgehead atoms. The van der Waals surface area contributed by atoms with Crippen molar-refractivity contribution < 1.29 is 27.5 Å². The molecule has 0 aliphatic rings. The second-order valence-corrected chi connectivity index (χ2v) is 13.8. The highest BCUT2D eigenvalue weighted by molar-refractivity contribution is 7.92. The first-order chi connectivity index (χ1) is 20.1. The second kappa shape index (κ2) is 14.1.